The van der Waals surface area contributed by atoms with E-state index in [-0.39, 0.29) is 5.91 Å². The number of allylic oxidation sites excluding steroid dienone is 1. The first kappa shape index (κ1) is 20.0. The minimum Gasteiger partial charge on any atom is -0.342 e. The SMILES string of the molecule is C=CCn1c(SCC(=O)N(C)C2CCCCC2)nnc1-c1ccc(Cl)cc1. The lowest BCUT2D eigenvalue weighted by atomic mass is 9.94. The fourth-order valence-corrected chi connectivity index (χ4v) is 4.40. The molecule has 27 heavy (non-hydrogen) atoms. The van der Waals surface area contributed by atoms with Crippen molar-refractivity contribution in [2.24, 2.45) is 0 Å². The van der Waals surface area contributed by atoms with Gasteiger partial charge in [0.1, 0.15) is 0 Å². The fraction of sp³-hybridized carbons (Fsp3) is 0.450. The molecule has 0 bridgehead atoms. The molecule has 0 aliphatic heterocycles. The number of aromatic nitrogens is 3. The first-order valence-corrected chi connectivity index (χ1v) is 10.6. The summed E-state index contributed by atoms with van der Waals surface area (Å²) in [7, 11) is 1.92. The molecule has 0 spiro atoms. The molecule has 1 aliphatic carbocycles. The minimum atomic E-state index is 0.146. The largest absolute Gasteiger partial charge is 0.342 e. The van der Waals surface area contributed by atoms with Gasteiger partial charge in [-0.1, -0.05) is 48.7 Å². The van der Waals surface area contributed by atoms with Crippen LogP contribution in [0.5, 0.6) is 0 Å². The predicted octanol–water partition coefficient (Wildman–Crippen LogP) is 4.67. The molecule has 7 heteroatoms. The van der Waals surface area contributed by atoms with Crippen LogP contribution in [0.2, 0.25) is 5.02 Å². The van der Waals surface area contributed by atoms with Crippen LogP contribution < -0.4 is 0 Å². The van der Waals surface area contributed by atoms with Gasteiger partial charge in [-0.15, -0.1) is 16.8 Å². The topological polar surface area (TPSA) is 51.0 Å². The Bertz CT molecular complexity index is 784. The number of rotatable bonds is 7. The summed E-state index contributed by atoms with van der Waals surface area (Å²) in [6, 6.07) is 7.88. The van der Waals surface area contributed by atoms with E-state index in [0.717, 1.165) is 29.4 Å². The van der Waals surface area contributed by atoms with Crippen LogP contribution in [-0.4, -0.2) is 44.4 Å². The molecule has 1 heterocycles. The lowest BCUT2D eigenvalue weighted by molar-refractivity contribution is -0.129. The molecule has 0 atom stereocenters. The summed E-state index contributed by atoms with van der Waals surface area (Å²) in [5.41, 5.74) is 0.936. The van der Waals surface area contributed by atoms with Crippen LogP contribution in [0, 0.1) is 0 Å². The monoisotopic (exact) mass is 404 g/mol. The predicted molar refractivity (Wildman–Crippen MR) is 111 cm³/mol. The van der Waals surface area contributed by atoms with Gasteiger partial charge < -0.3 is 4.90 Å². The number of amides is 1. The quantitative estimate of drug-likeness (QED) is 0.497. The van der Waals surface area contributed by atoms with Crippen LogP contribution in [0.15, 0.2) is 42.1 Å². The van der Waals surface area contributed by atoms with E-state index in [2.05, 4.69) is 16.8 Å². The lowest BCUT2D eigenvalue weighted by Gasteiger charge is -2.31. The summed E-state index contributed by atoms with van der Waals surface area (Å²) < 4.78 is 1.98. The second kappa shape index (κ2) is 9.42. The van der Waals surface area contributed by atoms with Gasteiger partial charge in [0.2, 0.25) is 5.91 Å². The van der Waals surface area contributed by atoms with Crippen LogP contribution in [0.25, 0.3) is 11.4 Å². The second-order valence-corrected chi connectivity index (χ2v) is 8.18. The third kappa shape index (κ3) is 4.93. The Hall–Kier alpha value is -1.79. The summed E-state index contributed by atoms with van der Waals surface area (Å²) in [6.45, 7) is 4.41. The molecule has 0 N–H and O–H groups in total. The molecular weight excluding hydrogens is 380 g/mol. The highest BCUT2D eigenvalue weighted by Crippen LogP contribution is 2.26. The maximum atomic E-state index is 12.6. The second-order valence-electron chi connectivity index (χ2n) is 6.80. The van der Waals surface area contributed by atoms with Crippen molar-refractivity contribution in [3.05, 3.63) is 41.9 Å². The van der Waals surface area contributed by atoms with E-state index in [1.165, 1.54) is 31.0 Å². The maximum absolute atomic E-state index is 12.6. The molecule has 144 valence electrons. The number of carbonyl (C=O) groups is 1. The highest BCUT2D eigenvalue weighted by atomic mass is 35.5. The third-order valence-electron chi connectivity index (χ3n) is 4.97. The van der Waals surface area contributed by atoms with Crippen molar-refractivity contribution >= 4 is 29.3 Å². The zero-order valence-electron chi connectivity index (χ0n) is 15.6. The molecule has 1 amide bonds. The molecule has 1 fully saturated rings. The van der Waals surface area contributed by atoms with Crippen molar-refractivity contribution < 1.29 is 4.79 Å². The molecule has 1 saturated carbocycles. The van der Waals surface area contributed by atoms with Crippen LogP contribution in [-0.2, 0) is 11.3 Å². The third-order valence-corrected chi connectivity index (χ3v) is 6.17. The lowest BCUT2D eigenvalue weighted by Crippen LogP contribution is -2.39. The van der Waals surface area contributed by atoms with E-state index in [0.29, 0.717) is 23.4 Å². The Morgan fingerprint density at radius 3 is 2.67 bits per heavy atom. The van der Waals surface area contributed by atoms with E-state index < -0.39 is 0 Å². The number of carbonyl (C=O) groups excluding carboxylic acids is 1. The van der Waals surface area contributed by atoms with Crippen molar-refractivity contribution in [2.45, 2.75) is 49.8 Å². The number of nitrogens with zero attached hydrogens (tertiary/aromatic N) is 4. The summed E-state index contributed by atoms with van der Waals surface area (Å²) in [4.78, 5) is 14.5. The van der Waals surface area contributed by atoms with Crippen molar-refractivity contribution in [1.82, 2.24) is 19.7 Å². The van der Waals surface area contributed by atoms with E-state index in [1.54, 1.807) is 0 Å². The van der Waals surface area contributed by atoms with Crippen molar-refractivity contribution in [2.75, 3.05) is 12.8 Å². The van der Waals surface area contributed by atoms with Crippen molar-refractivity contribution in [1.29, 1.82) is 0 Å². The van der Waals surface area contributed by atoms with E-state index in [9.17, 15) is 4.79 Å². The molecule has 5 nitrogen and oxygen atoms in total. The summed E-state index contributed by atoms with van der Waals surface area (Å²) in [5.74, 6) is 1.26. The molecular formula is C20H25ClN4OS. The van der Waals surface area contributed by atoms with E-state index in [1.807, 2.05) is 46.9 Å². The Morgan fingerprint density at radius 2 is 2.00 bits per heavy atom. The van der Waals surface area contributed by atoms with Crippen LogP contribution in [0.1, 0.15) is 32.1 Å². The fourth-order valence-electron chi connectivity index (χ4n) is 3.40. The van der Waals surface area contributed by atoms with Gasteiger partial charge in [0, 0.05) is 30.2 Å². The van der Waals surface area contributed by atoms with Crippen molar-refractivity contribution in [3.8, 4) is 11.4 Å². The molecule has 0 saturated heterocycles. The van der Waals surface area contributed by atoms with Crippen molar-refractivity contribution in [3.63, 3.8) is 0 Å². The van der Waals surface area contributed by atoms with Gasteiger partial charge in [-0.3, -0.25) is 9.36 Å². The molecule has 0 radical (unpaired) electrons. The van der Waals surface area contributed by atoms with Gasteiger partial charge in [0.15, 0.2) is 11.0 Å². The highest BCUT2D eigenvalue weighted by Gasteiger charge is 2.23. The number of halogens is 1. The number of benzene rings is 1. The van der Waals surface area contributed by atoms with Gasteiger partial charge in [-0.25, -0.2) is 0 Å². The van der Waals surface area contributed by atoms with Gasteiger partial charge in [-0.05, 0) is 37.1 Å². The molecule has 0 unspecified atom stereocenters. The molecule has 1 aliphatic rings. The minimum absolute atomic E-state index is 0.146. The summed E-state index contributed by atoms with van der Waals surface area (Å²) in [6.07, 6.45) is 7.75. The van der Waals surface area contributed by atoms with Crippen LogP contribution in [0.3, 0.4) is 0 Å². The van der Waals surface area contributed by atoms with Crippen LogP contribution in [0.4, 0.5) is 0 Å². The Balaban J connectivity index is 1.70. The normalized spacial score (nSPS) is 14.9. The summed E-state index contributed by atoms with van der Waals surface area (Å²) in [5, 5.41) is 10.0. The Labute approximate surface area is 169 Å². The zero-order valence-corrected chi connectivity index (χ0v) is 17.2. The van der Waals surface area contributed by atoms with Gasteiger partial charge in [-0.2, -0.15) is 0 Å². The standard InChI is InChI=1S/C20H25ClN4OS/c1-3-13-25-19(15-9-11-16(21)12-10-15)22-23-20(25)27-14-18(26)24(2)17-7-5-4-6-8-17/h3,9-12,17H,1,4-8,13-14H2,2H3. The number of thioether (sulfide) groups is 1. The first-order chi connectivity index (χ1) is 13.1. The number of hydrogen-bond acceptors (Lipinski definition) is 4. The summed E-state index contributed by atoms with van der Waals surface area (Å²) >= 11 is 7.41. The van der Waals surface area contributed by atoms with E-state index >= 15 is 0 Å². The zero-order chi connectivity index (χ0) is 19.2. The van der Waals surface area contributed by atoms with E-state index in [4.69, 9.17) is 11.6 Å². The van der Waals surface area contributed by atoms with Gasteiger partial charge in [0.25, 0.3) is 0 Å². The molecule has 1 aromatic heterocycles. The Kier molecular flexibility index (Phi) is 6.96. The molecule has 2 aromatic rings. The van der Waals surface area contributed by atoms with Gasteiger partial charge >= 0.3 is 0 Å². The Morgan fingerprint density at radius 1 is 1.30 bits per heavy atom. The maximum Gasteiger partial charge on any atom is 0.233 e. The average Bonchev–Trinajstić information content (AvgIpc) is 3.09. The average molecular weight is 405 g/mol. The number of hydrogen-bond donors (Lipinski definition) is 0. The van der Waals surface area contributed by atoms with Crippen LogP contribution >= 0.6 is 23.4 Å². The smallest absolute Gasteiger partial charge is 0.233 e. The highest BCUT2D eigenvalue weighted by molar-refractivity contribution is 7.99. The molecule has 3 rings (SSSR count). The molecule has 1 aromatic carbocycles. The first-order valence-electron chi connectivity index (χ1n) is 9.28. The van der Waals surface area contributed by atoms with Gasteiger partial charge in [0.05, 0.1) is 5.75 Å².